The van der Waals surface area contributed by atoms with Gasteiger partial charge in [-0.05, 0) is 37.0 Å². The molecule has 1 atom stereocenters. The third kappa shape index (κ3) is 3.55. The Kier molecular flexibility index (Phi) is 5.20. The van der Waals surface area contributed by atoms with Gasteiger partial charge in [0, 0.05) is 37.1 Å². The normalized spacial score (nSPS) is 16.8. The SMILES string of the molecule is CC(C)Cn1nc(C(=O)N2CCCC(c3nnc4ccccn34)C2)c2ccccc2c1=O. The molecule has 1 aliphatic heterocycles. The van der Waals surface area contributed by atoms with Crippen LogP contribution in [0.3, 0.4) is 0 Å². The number of pyridine rings is 1. The van der Waals surface area contributed by atoms with Gasteiger partial charge in [-0.1, -0.05) is 38.1 Å². The van der Waals surface area contributed by atoms with E-state index in [0.717, 1.165) is 24.3 Å². The first kappa shape index (κ1) is 20.4. The Morgan fingerprint density at radius 1 is 1.09 bits per heavy atom. The maximum Gasteiger partial charge on any atom is 0.274 e. The molecule has 1 aromatic carbocycles. The Balaban J connectivity index is 1.51. The van der Waals surface area contributed by atoms with Gasteiger partial charge in [-0.15, -0.1) is 10.2 Å². The van der Waals surface area contributed by atoms with Crippen LogP contribution in [0.15, 0.2) is 53.5 Å². The quantitative estimate of drug-likeness (QED) is 0.497. The maximum absolute atomic E-state index is 13.6. The molecule has 1 aliphatic rings. The molecule has 5 rings (SSSR count). The van der Waals surface area contributed by atoms with E-state index < -0.39 is 0 Å². The molecule has 0 aliphatic carbocycles. The second-order valence-electron chi connectivity index (χ2n) is 8.85. The summed E-state index contributed by atoms with van der Waals surface area (Å²) in [6.45, 7) is 5.74. The van der Waals surface area contributed by atoms with E-state index in [-0.39, 0.29) is 23.3 Å². The van der Waals surface area contributed by atoms with Gasteiger partial charge in [-0.2, -0.15) is 5.10 Å². The smallest absolute Gasteiger partial charge is 0.274 e. The summed E-state index contributed by atoms with van der Waals surface area (Å²) in [5, 5.41) is 14.4. The van der Waals surface area contributed by atoms with Crippen molar-refractivity contribution in [1.82, 2.24) is 29.3 Å². The lowest BCUT2D eigenvalue weighted by Crippen LogP contribution is -2.41. The molecule has 0 bridgehead atoms. The minimum atomic E-state index is -0.155. The first-order chi connectivity index (χ1) is 15.5. The molecule has 32 heavy (non-hydrogen) atoms. The van der Waals surface area contributed by atoms with Crippen LogP contribution in [0.5, 0.6) is 0 Å². The number of likely N-dealkylation sites (tertiary alicyclic amines) is 1. The molecule has 0 radical (unpaired) electrons. The lowest BCUT2D eigenvalue weighted by Gasteiger charge is -2.32. The lowest BCUT2D eigenvalue weighted by molar-refractivity contribution is 0.0697. The number of carbonyl (C=O) groups excluding carboxylic acids is 1. The number of piperidine rings is 1. The average molecular weight is 431 g/mol. The fraction of sp³-hybridized carbons (Fsp3) is 0.375. The molecular formula is C24H26N6O2. The number of hydrogen-bond donors (Lipinski definition) is 0. The molecule has 3 aromatic heterocycles. The second-order valence-corrected chi connectivity index (χ2v) is 8.85. The van der Waals surface area contributed by atoms with Crippen molar-refractivity contribution in [3.63, 3.8) is 0 Å². The summed E-state index contributed by atoms with van der Waals surface area (Å²) in [6.07, 6.45) is 3.78. The first-order valence-electron chi connectivity index (χ1n) is 11.1. The van der Waals surface area contributed by atoms with Gasteiger partial charge in [0.1, 0.15) is 5.82 Å². The monoisotopic (exact) mass is 430 g/mol. The van der Waals surface area contributed by atoms with Crippen molar-refractivity contribution in [1.29, 1.82) is 0 Å². The number of carbonyl (C=O) groups is 1. The van der Waals surface area contributed by atoms with Gasteiger partial charge in [-0.3, -0.25) is 14.0 Å². The first-order valence-corrected chi connectivity index (χ1v) is 11.1. The minimum Gasteiger partial charge on any atom is -0.337 e. The summed E-state index contributed by atoms with van der Waals surface area (Å²) in [6, 6.07) is 13.1. The molecule has 1 saturated heterocycles. The van der Waals surface area contributed by atoms with Gasteiger partial charge < -0.3 is 4.90 Å². The van der Waals surface area contributed by atoms with Crippen molar-refractivity contribution >= 4 is 22.3 Å². The van der Waals surface area contributed by atoms with Crippen LogP contribution in [0.1, 0.15) is 48.9 Å². The van der Waals surface area contributed by atoms with E-state index in [1.165, 1.54) is 4.68 Å². The van der Waals surface area contributed by atoms with Crippen LogP contribution >= 0.6 is 0 Å². The standard InChI is InChI=1S/C24H26N6O2/c1-16(2)14-30-23(31)19-10-4-3-9-18(19)21(27-30)24(32)28-12-7-8-17(15-28)22-26-25-20-11-5-6-13-29(20)22/h3-6,9-11,13,16-17H,7-8,12,14-15H2,1-2H3. The topological polar surface area (TPSA) is 85.4 Å². The van der Waals surface area contributed by atoms with Crippen LogP contribution in [-0.4, -0.2) is 48.3 Å². The zero-order valence-corrected chi connectivity index (χ0v) is 18.3. The van der Waals surface area contributed by atoms with Gasteiger partial charge >= 0.3 is 0 Å². The van der Waals surface area contributed by atoms with Crippen LogP contribution in [0.25, 0.3) is 16.4 Å². The number of rotatable bonds is 4. The molecule has 1 amide bonds. The molecule has 1 unspecified atom stereocenters. The van der Waals surface area contributed by atoms with E-state index in [0.29, 0.717) is 36.1 Å². The summed E-state index contributed by atoms with van der Waals surface area (Å²) in [4.78, 5) is 28.4. The molecule has 8 nitrogen and oxygen atoms in total. The highest BCUT2D eigenvalue weighted by atomic mass is 16.2. The van der Waals surface area contributed by atoms with E-state index in [4.69, 9.17) is 0 Å². The fourth-order valence-corrected chi connectivity index (χ4v) is 4.52. The summed E-state index contributed by atoms with van der Waals surface area (Å²) in [5.41, 5.74) is 0.990. The molecule has 4 aromatic rings. The van der Waals surface area contributed by atoms with Crippen molar-refractivity contribution in [2.75, 3.05) is 13.1 Å². The molecule has 1 fully saturated rings. The molecule has 164 valence electrons. The number of aromatic nitrogens is 5. The Bertz CT molecular complexity index is 1360. The molecule has 4 heterocycles. The van der Waals surface area contributed by atoms with Crippen molar-refractivity contribution < 1.29 is 4.79 Å². The Morgan fingerprint density at radius 2 is 1.88 bits per heavy atom. The molecule has 0 spiro atoms. The average Bonchev–Trinajstić information content (AvgIpc) is 3.25. The largest absolute Gasteiger partial charge is 0.337 e. The van der Waals surface area contributed by atoms with Gasteiger partial charge in [0.05, 0.1) is 5.39 Å². The van der Waals surface area contributed by atoms with Gasteiger partial charge in [0.2, 0.25) is 0 Å². The second kappa shape index (κ2) is 8.18. The van der Waals surface area contributed by atoms with E-state index in [9.17, 15) is 9.59 Å². The van der Waals surface area contributed by atoms with Crippen LogP contribution < -0.4 is 5.56 Å². The van der Waals surface area contributed by atoms with Crippen molar-refractivity contribution in [3.05, 3.63) is 70.5 Å². The van der Waals surface area contributed by atoms with Crippen LogP contribution in [-0.2, 0) is 6.54 Å². The van der Waals surface area contributed by atoms with E-state index in [2.05, 4.69) is 15.3 Å². The summed E-state index contributed by atoms with van der Waals surface area (Å²) in [7, 11) is 0. The van der Waals surface area contributed by atoms with Crippen molar-refractivity contribution in [2.45, 2.75) is 39.2 Å². The Morgan fingerprint density at radius 3 is 2.69 bits per heavy atom. The van der Waals surface area contributed by atoms with Crippen molar-refractivity contribution in [2.24, 2.45) is 5.92 Å². The number of benzene rings is 1. The highest BCUT2D eigenvalue weighted by Gasteiger charge is 2.30. The molecule has 0 saturated carbocycles. The Labute approximate surface area is 185 Å². The predicted octanol–water partition coefficient (Wildman–Crippen LogP) is 3.12. The van der Waals surface area contributed by atoms with Gasteiger partial charge in [0.15, 0.2) is 11.3 Å². The zero-order valence-electron chi connectivity index (χ0n) is 18.3. The summed E-state index contributed by atoms with van der Waals surface area (Å²) >= 11 is 0. The number of hydrogen-bond acceptors (Lipinski definition) is 5. The van der Waals surface area contributed by atoms with Crippen LogP contribution in [0.2, 0.25) is 0 Å². The lowest BCUT2D eigenvalue weighted by atomic mass is 9.96. The third-order valence-electron chi connectivity index (χ3n) is 6.02. The maximum atomic E-state index is 13.6. The molecule has 0 N–H and O–H groups in total. The zero-order chi connectivity index (χ0) is 22.2. The van der Waals surface area contributed by atoms with E-state index in [1.54, 1.807) is 6.07 Å². The van der Waals surface area contributed by atoms with Crippen molar-refractivity contribution in [3.8, 4) is 0 Å². The van der Waals surface area contributed by atoms with Gasteiger partial charge in [-0.25, -0.2) is 4.68 Å². The fourth-order valence-electron chi connectivity index (χ4n) is 4.52. The highest BCUT2D eigenvalue weighted by molar-refractivity contribution is 6.04. The third-order valence-corrected chi connectivity index (χ3v) is 6.02. The molecular weight excluding hydrogens is 404 g/mol. The van der Waals surface area contributed by atoms with Gasteiger partial charge in [0.25, 0.3) is 11.5 Å². The van der Waals surface area contributed by atoms with E-state index >= 15 is 0 Å². The van der Waals surface area contributed by atoms with Crippen LogP contribution in [0, 0.1) is 5.92 Å². The summed E-state index contributed by atoms with van der Waals surface area (Å²) in [5.74, 6) is 1.07. The minimum absolute atomic E-state index is 0.0953. The Hall–Kier alpha value is -3.55. The number of amides is 1. The highest BCUT2D eigenvalue weighted by Crippen LogP contribution is 2.27. The molecule has 8 heteroatoms. The number of nitrogens with zero attached hydrogens (tertiary/aromatic N) is 6. The number of fused-ring (bicyclic) bond motifs is 2. The summed E-state index contributed by atoms with van der Waals surface area (Å²) < 4.78 is 3.43. The predicted molar refractivity (Wildman–Crippen MR) is 122 cm³/mol. The van der Waals surface area contributed by atoms with E-state index in [1.807, 2.05) is 65.7 Å². The van der Waals surface area contributed by atoms with Crippen LogP contribution in [0.4, 0.5) is 0 Å².